The van der Waals surface area contributed by atoms with Crippen LogP contribution < -0.4 is 5.32 Å². The Morgan fingerprint density at radius 3 is 1.94 bits per heavy atom. The van der Waals surface area contributed by atoms with E-state index in [1.807, 2.05) is 32.0 Å². The molecule has 0 unspecified atom stereocenters. The Hall–Kier alpha value is -2.08. The van der Waals surface area contributed by atoms with E-state index in [-0.39, 0.29) is 12.5 Å². The number of hydrogen-bond acceptors (Lipinski definition) is 4. The fourth-order valence-electron chi connectivity index (χ4n) is 4.09. The number of carbonyl (C=O) groups excluding carboxylic acids is 2. The number of nitrogens with zero attached hydrogens (tertiary/aromatic N) is 1. The second-order valence-electron chi connectivity index (χ2n) is 9.09. The van der Waals surface area contributed by atoms with Crippen LogP contribution in [0.15, 0.2) is 18.2 Å². The summed E-state index contributed by atoms with van der Waals surface area (Å²) in [6.45, 7) is 13.5. The average molecular weight is 464 g/mol. The number of quaternary nitrogens is 1. The number of likely N-dealkylation sites (N-methyl/N-ethyl adjacent to an activating group) is 1. The number of aryl methyl sites for hydroxylation is 2. The zero-order valence-corrected chi connectivity index (χ0v) is 21.7. The van der Waals surface area contributed by atoms with E-state index in [0.29, 0.717) is 24.2 Å². The third kappa shape index (κ3) is 11.6. The van der Waals surface area contributed by atoms with Gasteiger partial charge in [-0.05, 0) is 45.2 Å². The van der Waals surface area contributed by atoms with Crippen molar-refractivity contribution < 1.29 is 23.5 Å². The molecule has 33 heavy (non-hydrogen) atoms. The molecule has 0 atom stereocenters. The maximum absolute atomic E-state index is 12.8. The second-order valence-corrected chi connectivity index (χ2v) is 9.09. The van der Waals surface area contributed by atoms with Gasteiger partial charge in [-0.2, -0.15) is 0 Å². The highest BCUT2D eigenvalue weighted by Gasteiger charge is 2.28. The highest BCUT2D eigenvalue weighted by Crippen LogP contribution is 2.20. The predicted octanol–water partition coefficient (Wildman–Crippen LogP) is 6.39. The van der Waals surface area contributed by atoms with Crippen LogP contribution in [0.3, 0.4) is 0 Å². The lowest BCUT2D eigenvalue weighted by Crippen LogP contribution is -2.54. The molecule has 1 amide bonds. The first-order valence-corrected chi connectivity index (χ1v) is 12.9. The zero-order valence-electron chi connectivity index (χ0n) is 21.7. The van der Waals surface area contributed by atoms with E-state index in [1.165, 1.54) is 38.5 Å². The summed E-state index contributed by atoms with van der Waals surface area (Å²) in [7, 11) is 0. The van der Waals surface area contributed by atoms with Crippen LogP contribution in [-0.4, -0.2) is 55.9 Å². The third-order valence-corrected chi connectivity index (χ3v) is 6.57. The molecule has 0 radical (unpaired) electrons. The number of hydrogen-bond donors (Lipinski definition) is 1. The van der Waals surface area contributed by atoms with Gasteiger partial charge in [0.15, 0.2) is 6.54 Å². The molecule has 0 aromatic heterocycles. The summed E-state index contributed by atoms with van der Waals surface area (Å²) in [5.74, 6) is -0.0200. The van der Waals surface area contributed by atoms with E-state index >= 15 is 0 Å². The van der Waals surface area contributed by atoms with Crippen molar-refractivity contribution in [2.45, 2.75) is 86.0 Å². The van der Waals surface area contributed by atoms with E-state index in [0.717, 1.165) is 42.7 Å². The molecule has 0 fully saturated rings. The molecular formula is C27H47N2O4+. The number of nitrogens with one attached hydrogen (secondary N) is 1. The summed E-state index contributed by atoms with van der Waals surface area (Å²) in [5, 5.41) is 3.07. The standard InChI is InChI=1S/C27H46N2O4/c1-6-9-10-11-12-13-14-15-20-32-27(31)33-21-19-29(7-2,8-3)22-25(30)28-26-23(4)17-16-18-24(26)5/h16-18H,6-15,19-22H2,1-5H3/p+1. The van der Waals surface area contributed by atoms with Crippen LogP contribution >= 0.6 is 0 Å². The van der Waals surface area contributed by atoms with E-state index in [1.54, 1.807) is 0 Å². The lowest BCUT2D eigenvalue weighted by atomic mass is 10.1. The van der Waals surface area contributed by atoms with Crippen molar-refractivity contribution >= 4 is 17.7 Å². The number of ether oxygens (including phenoxy) is 2. The first kappa shape index (κ1) is 29.0. The first-order chi connectivity index (χ1) is 15.9. The number of rotatable bonds is 17. The molecule has 0 spiro atoms. The minimum atomic E-state index is -0.608. The first-order valence-electron chi connectivity index (χ1n) is 12.9. The molecule has 0 heterocycles. The molecule has 6 heteroatoms. The Morgan fingerprint density at radius 2 is 1.36 bits per heavy atom. The maximum Gasteiger partial charge on any atom is 0.508 e. The summed E-state index contributed by atoms with van der Waals surface area (Å²) >= 11 is 0. The minimum Gasteiger partial charge on any atom is -0.434 e. The van der Waals surface area contributed by atoms with Gasteiger partial charge in [-0.1, -0.05) is 70.1 Å². The SMILES string of the molecule is CCCCCCCCCCOC(=O)OCC[N+](CC)(CC)CC(=O)Nc1c(C)cccc1C. The number of amides is 1. The summed E-state index contributed by atoms with van der Waals surface area (Å²) in [6, 6.07) is 5.98. The van der Waals surface area contributed by atoms with Crippen molar-refractivity contribution in [3.8, 4) is 0 Å². The van der Waals surface area contributed by atoms with Crippen LogP contribution in [0.25, 0.3) is 0 Å². The van der Waals surface area contributed by atoms with Gasteiger partial charge in [0.05, 0.1) is 19.7 Å². The van der Waals surface area contributed by atoms with E-state index < -0.39 is 6.16 Å². The Labute approximate surface area is 201 Å². The monoisotopic (exact) mass is 463 g/mol. The Bertz CT molecular complexity index is 681. The molecular weight excluding hydrogens is 416 g/mol. The van der Waals surface area contributed by atoms with Crippen LogP contribution in [0.1, 0.15) is 83.3 Å². The van der Waals surface area contributed by atoms with Crippen LogP contribution in [0.4, 0.5) is 10.5 Å². The summed E-state index contributed by atoms with van der Waals surface area (Å²) < 4.78 is 11.1. The predicted molar refractivity (Wildman–Crippen MR) is 136 cm³/mol. The molecule has 1 rings (SSSR count). The maximum atomic E-state index is 12.8. The second kappa shape index (κ2) is 16.5. The summed E-state index contributed by atoms with van der Waals surface area (Å²) in [4.78, 5) is 24.7. The molecule has 188 valence electrons. The van der Waals surface area contributed by atoms with Gasteiger partial charge in [0.2, 0.25) is 0 Å². The van der Waals surface area contributed by atoms with Crippen LogP contribution in [0.2, 0.25) is 0 Å². The Morgan fingerprint density at radius 1 is 0.818 bits per heavy atom. The fourth-order valence-corrected chi connectivity index (χ4v) is 4.09. The van der Waals surface area contributed by atoms with Gasteiger partial charge < -0.3 is 19.3 Å². The van der Waals surface area contributed by atoms with Gasteiger partial charge in [0, 0.05) is 5.69 Å². The van der Waals surface area contributed by atoms with Gasteiger partial charge in [0.25, 0.3) is 5.91 Å². The number of anilines is 1. The summed E-state index contributed by atoms with van der Waals surface area (Å²) in [6.07, 6.45) is 9.02. The van der Waals surface area contributed by atoms with E-state index in [9.17, 15) is 9.59 Å². The van der Waals surface area contributed by atoms with Crippen molar-refractivity contribution in [2.75, 3.05) is 44.7 Å². The van der Waals surface area contributed by atoms with Crippen LogP contribution in [0.5, 0.6) is 0 Å². The normalized spacial score (nSPS) is 11.3. The Kier molecular flexibility index (Phi) is 14.5. The zero-order chi connectivity index (χ0) is 24.5. The highest BCUT2D eigenvalue weighted by atomic mass is 16.7. The fraction of sp³-hybridized carbons (Fsp3) is 0.704. The van der Waals surface area contributed by atoms with Crippen molar-refractivity contribution in [3.63, 3.8) is 0 Å². The quantitative estimate of drug-likeness (QED) is 0.165. The van der Waals surface area contributed by atoms with Gasteiger partial charge in [0.1, 0.15) is 13.2 Å². The van der Waals surface area contributed by atoms with Gasteiger partial charge in [-0.15, -0.1) is 0 Å². The third-order valence-electron chi connectivity index (χ3n) is 6.57. The van der Waals surface area contributed by atoms with Crippen LogP contribution in [0, 0.1) is 13.8 Å². The molecule has 6 nitrogen and oxygen atoms in total. The van der Waals surface area contributed by atoms with Crippen LogP contribution in [-0.2, 0) is 14.3 Å². The number of carbonyl (C=O) groups is 2. The van der Waals surface area contributed by atoms with E-state index in [4.69, 9.17) is 9.47 Å². The molecule has 0 bridgehead atoms. The molecule has 0 aliphatic carbocycles. The number of unbranched alkanes of at least 4 members (excludes halogenated alkanes) is 7. The molecule has 1 aromatic carbocycles. The number of para-hydroxylation sites is 1. The van der Waals surface area contributed by atoms with Gasteiger partial charge in [-0.25, -0.2) is 4.79 Å². The molecule has 0 saturated carbocycles. The van der Waals surface area contributed by atoms with Gasteiger partial charge in [-0.3, -0.25) is 4.79 Å². The molecule has 1 N–H and O–H groups in total. The summed E-state index contributed by atoms with van der Waals surface area (Å²) in [5.41, 5.74) is 2.99. The molecule has 0 aliphatic rings. The lowest BCUT2D eigenvalue weighted by molar-refractivity contribution is -0.917. The highest BCUT2D eigenvalue weighted by molar-refractivity contribution is 5.93. The smallest absolute Gasteiger partial charge is 0.434 e. The minimum absolute atomic E-state index is 0.0200. The van der Waals surface area contributed by atoms with Crippen molar-refractivity contribution in [1.82, 2.24) is 0 Å². The van der Waals surface area contributed by atoms with Crippen molar-refractivity contribution in [1.29, 1.82) is 0 Å². The molecule has 0 saturated heterocycles. The lowest BCUT2D eigenvalue weighted by Gasteiger charge is -2.35. The largest absolute Gasteiger partial charge is 0.508 e. The average Bonchev–Trinajstić information content (AvgIpc) is 2.79. The van der Waals surface area contributed by atoms with Crippen molar-refractivity contribution in [3.05, 3.63) is 29.3 Å². The van der Waals surface area contributed by atoms with E-state index in [2.05, 4.69) is 26.1 Å². The molecule has 0 aliphatic heterocycles. The van der Waals surface area contributed by atoms with Crippen molar-refractivity contribution in [2.24, 2.45) is 0 Å². The van der Waals surface area contributed by atoms with Gasteiger partial charge >= 0.3 is 6.16 Å². The topological polar surface area (TPSA) is 64.6 Å². The molecule has 1 aromatic rings. The Balaban J connectivity index is 2.33. The number of benzene rings is 1.